The number of methoxy groups -OCH3 is 1. The molecule has 0 atom stereocenters. The molecule has 45 heavy (non-hydrogen) atoms. The SMILES string of the molecule is CCCN(C(=O)c1ccc(-c2nc(COc3cc(OC)cc4nc(-c5cn6nc(C7CC7)sc6n5)sc34)cs2)cc1)C(C)(C)C. The number of fused-ring (bicyclic) bond motifs is 2. The molecule has 0 bridgehead atoms. The van der Waals surface area contributed by atoms with Crippen LogP contribution in [0.15, 0.2) is 48.0 Å². The summed E-state index contributed by atoms with van der Waals surface area (Å²) >= 11 is 4.76. The second-order valence-electron chi connectivity index (χ2n) is 12.2. The van der Waals surface area contributed by atoms with Gasteiger partial charge in [-0.3, -0.25) is 4.79 Å². The zero-order valence-corrected chi connectivity index (χ0v) is 28.3. The first-order valence-electron chi connectivity index (χ1n) is 15.0. The Bertz CT molecular complexity index is 1960. The van der Waals surface area contributed by atoms with E-state index in [0.29, 0.717) is 29.6 Å². The molecule has 0 aliphatic heterocycles. The highest BCUT2D eigenvalue weighted by Gasteiger charge is 2.29. The van der Waals surface area contributed by atoms with Crippen molar-refractivity contribution in [1.29, 1.82) is 0 Å². The molecule has 0 spiro atoms. The highest BCUT2D eigenvalue weighted by Crippen LogP contribution is 2.43. The van der Waals surface area contributed by atoms with Crippen LogP contribution in [-0.2, 0) is 6.61 Å². The van der Waals surface area contributed by atoms with Crippen LogP contribution in [0.25, 0.3) is 36.5 Å². The molecule has 1 aliphatic carbocycles. The van der Waals surface area contributed by atoms with E-state index in [0.717, 1.165) is 55.1 Å². The van der Waals surface area contributed by atoms with E-state index in [-0.39, 0.29) is 11.4 Å². The van der Waals surface area contributed by atoms with E-state index in [1.54, 1.807) is 41.1 Å². The number of imidazole rings is 1. The Kier molecular flexibility index (Phi) is 7.83. The van der Waals surface area contributed by atoms with E-state index in [9.17, 15) is 4.79 Å². The summed E-state index contributed by atoms with van der Waals surface area (Å²) < 4.78 is 14.7. The Hall–Kier alpha value is -3.87. The average molecular weight is 659 g/mol. The fourth-order valence-corrected chi connectivity index (χ4v) is 7.99. The van der Waals surface area contributed by atoms with Gasteiger partial charge in [0.15, 0.2) is 0 Å². The molecule has 0 saturated heterocycles. The number of ether oxygens (including phenoxy) is 2. The van der Waals surface area contributed by atoms with Crippen molar-refractivity contribution in [1.82, 2.24) is 29.5 Å². The maximum absolute atomic E-state index is 13.2. The van der Waals surface area contributed by atoms with Crippen LogP contribution in [-0.4, -0.2) is 54.6 Å². The van der Waals surface area contributed by atoms with Crippen molar-refractivity contribution in [2.45, 2.75) is 65.0 Å². The number of thiazole rings is 2. The third kappa shape index (κ3) is 6.06. The van der Waals surface area contributed by atoms with Crippen LogP contribution in [0.4, 0.5) is 0 Å². The molecular formula is C33H34N6O3S3. The van der Waals surface area contributed by atoms with Crippen LogP contribution < -0.4 is 9.47 Å². The van der Waals surface area contributed by atoms with Gasteiger partial charge in [-0.15, -0.1) is 22.7 Å². The predicted molar refractivity (Wildman–Crippen MR) is 181 cm³/mol. The highest BCUT2D eigenvalue weighted by molar-refractivity contribution is 7.22. The van der Waals surface area contributed by atoms with Gasteiger partial charge in [0, 0.05) is 46.6 Å². The lowest BCUT2D eigenvalue weighted by Gasteiger charge is -2.35. The minimum Gasteiger partial charge on any atom is -0.497 e. The van der Waals surface area contributed by atoms with Crippen LogP contribution in [0.1, 0.15) is 73.9 Å². The Balaban J connectivity index is 1.08. The summed E-state index contributed by atoms with van der Waals surface area (Å²) in [6.45, 7) is 9.33. The van der Waals surface area contributed by atoms with E-state index < -0.39 is 0 Å². The van der Waals surface area contributed by atoms with Gasteiger partial charge in [0.05, 0.1) is 29.2 Å². The van der Waals surface area contributed by atoms with Crippen molar-refractivity contribution < 1.29 is 14.3 Å². The summed E-state index contributed by atoms with van der Waals surface area (Å²) in [5, 5.41) is 9.59. The third-order valence-corrected chi connectivity index (χ3v) is 10.8. The summed E-state index contributed by atoms with van der Waals surface area (Å²) in [7, 11) is 1.64. The molecule has 1 saturated carbocycles. The first kappa shape index (κ1) is 29.8. The summed E-state index contributed by atoms with van der Waals surface area (Å²) in [6, 6.07) is 11.5. The number of benzene rings is 2. The topological polar surface area (TPSA) is 94.7 Å². The minimum absolute atomic E-state index is 0.0482. The molecule has 4 aromatic heterocycles. The molecule has 1 aliphatic rings. The largest absolute Gasteiger partial charge is 0.497 e. The monoisotopic (exact) mass is 658 g/mol. The summed E-state index contributed by atoms with van der Waals surface area (Å²) in [5.74, 6) is 2.02. The Morgan fingerprint density at radius 1 is 1.07 bits per heavy atom. The summed E-state index contributed by atoms with van der Waals surface area (Å²) in [4.78, 5) is 30.6. The van der Waals surface area contributed by atoms with Crippen LogP contribution in [0.5, 0.6) is 11.5 Å². The van der Waals surface area contributed by atoms with Crippen LogP contribution in [0, 0.1) is 0 Å². The fraction of sp³-hybridized carbons (Fsp3) is 0.364. The first-order valence-corrected chi connectivity index (χ1v) is 17.6. The van der Waals surface area contributed by atoms with Gasteiger partial charge in [0.1, 0.15) is 38.8 Å². The van der Waals surface area contributed by atoms with Crippen molar-refractivity contribution in [2.75, 3.05) is 13.7 Å². The lowest BCUT2D eigenvalue weighted by molar-refractivity contribution is 0.0583. The van der Waals surface area contributed by atoms with E-state index >= 15 is 0 Å². The molecule has 4 heterocycles. The number of carbonyl (C=O) groups excluding carboxylic acids is 1. The second-order valence-corrected chi connectivity index (χ2v) is 15.0. The Labute approximate surface area is 273 Å². The van der Waals surface area contributed by atoms with Gasteiger partial charge >= 0.3 is 0 Å². The van der Waals surface area contributed by atoms with Gasteiger partial charge in [-0.25, -0.2) is 19.5 Å². The molecule has 1 fully saturated rings. The standard InChI is InChI=1S/C33H34N6O3S3/c1-6-13-38(33(2,3)4)31(40)21-11-9-19(10-12-21)28-34-22(18-43-28)17-42-26-15-23(41-5)14-24-27(26)44-30(35-24)25-16-39-32(36-25)45-29(37-39)20-7-8-20/h9-12,14-16,18,20H,6-8,13,17H2,1-5H3. The first-order chi connectivity index (χ1) is 21.7. The van der Waals surface area contributed by atoms with Crippen molar-refractivity contribution in [2.24, 2.45) is 0 Å². The number of carbonyl (C=O) groups is 1. The number of hydrogen-bond donors (Lipinski definition) is 0. The van der Waals surface area contributed by atoms with Gasteiger partial charge in [0.25, 0.3) is 5.91 Å². The molecule has 0 N–H and O–H groups in total. The van der Waals surface area contributed by atoms with Gasteiger partial charge < -0.3 is 14.4 Å². The number of hydrogen-bond acceptors (Lipinski definition) is 10. The smallest absolute Gasteiger partial charge is 0.254 e. The van der Waals surface area contributed by atoms with Crippen LogP contribution in [0.3, 0.4) is 0 Å². The quantitative estimate of drug-likeness (QED) is 0.146. The molecule has 1 amide bonds. The number of aromatic nitrogens is 5. The third-order valence-electron chi connectivity index (χ3n) is 7.68. The van der Waals surface area contributed by atoms with Gasteiger partial charge in [-0.05, 0) is 52.2 Å². The minimum atomic E-state index is -0.238. The summed E-state index contributed by atoms with van der Waals surface area (Å²) in [6.07, 6.45) is 5.32. The maximum atomic E-state index is 13.2. The van der Waals surface area contributed by atoms with E-state index in [1.165, 1.54) is 17.8 Å². The number of amides is 1. The molecule has 12 heteroatoms. The lowest BCUT2D eigenvalue weighted by atomic mass is 10.0. The van der Waals surface area contributed by atoms with Crippen molar-refractivity contribution >= 4 is 55.1 Å². The second kappa shape index (κ2) is 11.8. The van der Waals surface area contributed by atoms with E-state index in [2.05, 4.69) is 27.7 Å². The highest BCUT2D eigenvalue weighted by atomic mass is 32.1. The van der Waals surface area contributed by atoms with E-state index in [4.69, 9.17) is 29.5 Å². The van der Waals surface area contributed by atoms with Crippen molar-refractivity contribution in [3.8, 4) is 32.8 Å². The maximum Gasteiger partial charge on any atom is 0.254 e. The van der Waals surface area contributed by atoms with Gasteiger partial charge in [-0.1, -0.05) is 30.4 Å². The lowest BCUT2D eigenvalue weighted by Crippen LogP contribution is -2.46. The molecule has 232 valence electrons. The molecule has 0 unspecified atom stereocenters. The van der Waals surface area contributed by atoms with Crippen molar-refractivity contribution in [3.05, 3.63) is 64.2 Å². The molecule has 6 aromatic rings. The average Bonchev–Trinajstić information content (AvgIpc) is 3.34. The van der Waals surface area contributed by atoms with Gasteiger partial charge in [-0.2, -0.15) is 5.10 Å². The Morgan fingerprint density at radius 3 is 2.56 bits per heavy atom. The van der Waals surface area contributed by atoms with Crippen LogP contribution >= 0.6 is 34.0 Å². The van der Waals surface area contributed by atoms with Crippen LogP contribution in [0.2, 0.25) is 0 Å². The Morgan fingerprint density at radius 2 is 1.87 bits per heavy atom. The number of nitrogens with zero attached hydrogens (tertiary/aromatic N) is 6. The zero-order chi connectivity index (χ0) is 31.3. The van der Waals surface area contributed by atoms with Crippen molar-refractivity contribution in [3.63, 3.8) is 0 Å². The molecule has 0 radical (unpaired) electrons. The molecule has 7 rings (SSSR count). The normalized spacial score (nSPS) is 13.5. The van der Waals surface area contributed by atoms with Gasteiger partial charge in [0.2, 0.25) is 4.96 Å². The number of rotatable bonds is 10. The molecule has 2 aromatic carbocycles. The molecular weight excluding hydrogens is 625 g/mol. The zero-order valence-electron chi connectivity index (χ0n) is 25.9. The summed E-state index contributed by atoms with van der Waals surface area (Å²) in [5.41, 5.74) is 3.83. The fourth-order valence-electron chi connectivity index (χ4n) is 5.16. The van der Waals surface area contributed by atoms with E-state index in [1.807, 2.05) is 57.4 Å². The predicted octanol–water partition coefficient (Wildman–Crippen LogP) is 8.31. The molecule has 9 nitrogen and oxygen atoms in total.